The molecule has 2 nitrogen and oxygen atoms in total. The average Bonchev–Trinajstić information content (AvgIpc) is 1.96. The maximum Gasteiger partial charge on any atom is 0.0485 e. The van der Waals surface area contributed by atoms with E-state index in [4.69, 9.17) is 5.21 Å². The van der Waals surface area contributed by atoms with Crippen LogP contribution in [0, 0.1) is 6.92 Å². The molecule has 3 heteroatoms. The summed E-state index contributed by atoms with van der Waals surface area (Å²) in [5.74, 6) is 0. The van der Waals surface area contributed by atoms with Gasteiger partial charge in [0.15, 0.2) is 0 Å². The molecule has 0 aliphatic heterocycles. The molecule has 66 valence electrons. The number of rotatable bonds is 2. The van der Waals surface area contributed by atoms with Crippen molar-refractivity contribution in [3.05, 3.63) is 33.8 Å². The summed E-state index contributed by atoms with van der Waals surface area (Å²) >= 11 is 3.42. The summed E-state index contributed by atoms with van der Waals surface area (Å²) in [5, 5.41) is 10.2. The van der Waals surface area contributed by atoms with Crippen LogP contribution in [-0.2, 0) is 6.54 Å². The van der Waals surface area contributed by atoms with Crippen LogP contribution in [0.3, 0.4) is 0 Å². The molecular weight excluding hydrogens is 218 g/mol. The molecule has 0 fully saturated rings. The summed E-state index contributed by atoms with van der Waals surface area (Å²) in [6.07, 6.45) is 0. The van der Waals surface area contributed by atoms with Crippen LogP contribution in [0.15, 0.2) is 22.7 Å². The monoisotopic (exact) mass is 229 g/mol. The zero-order chi connectivity index (χ0) is 9.14. The van der Waals surface area contributed by atoms with Gasteiger partial charge in [0.1, 0.15) is 0 Å². The maximum atomic E-state index is 8.99. The van der Waals surface area contributed by atoms with Gasteiger partial charge in [0.2, 0.25) is 0 Å². The number of nitrogens with zero attached hydrogens (tertiary/aromatic N) is 1. The molecule has 0 unspecified atom stereocenters. The van der Waals surface area contributed by atoms with Crippen molar-refractivity contribution in [1.29, 1.82) is 0 Å². The number of hydroxylamine groups is 2. The van der Waals surface area contributed by atoms with Crippen LogP contribution in [0.4, 0.5) is 0 Å². The third kappa shape index (κ3) is 2.59. The van der Waals surface area contributed by atoms with Gasteiger partial charge in [0, 0.05) is 18.1 Å². The van der Waals surface area contributed by atoms with E-state index >= 15 is 0 Å². The lowest BCUT2D eigenvalue weighted by Gasteiger charge is -2.08. The molecule has 12 heavy (non-hydrogen) atoms. The highest BCUT2D eigenvalue weighted by Gasteiger charge is 1.98. The van der Waals surface area contributed by atoms with Gasteiger partial charge in [-0.05, 0) is 24.1 Å². The summed E-state index contributed by atoms with van der Waals surface area (Å²) in [4.78, 5) is 0. The normalized spacial score (nSPS) is 10.8. The van der Waals surface area contributed by atoms with E-state index in [0.717, 1.165) is 10.0 Å². The van der Waals surface area contributed by atoms with Crippen molar-refractivity contribution < 1.29 is 5.21 Å². The van der Waals surface area contributed by atoms with Crippen molar-refractivity contribution in [2.75, 3.05) is 7.05 Å². The minimum absolute atomic E-state index is 0.564. The summed E-state index contributed by atoms with van der Waals surface area (Å²) in [5.41, 5.74) is 2.30. The molecule has 0 atom stereocenters. The molecule has 0 bridgehead atoms. The highest BCUT2D eigenvalue weighted by atomic mass is 79.9. The van der Waals surface area contributed by atoms with Crippen molar-refractivity contribution >= 4 is 15.9 Å². The highest BCUT2D eigenvalue weighted by Crippen LogP contribution is 2.17. The van der Waals surface area contributed by atoms with Crippen molar-refractivity contribution in [3.63, 3.8) is 0 Å². The quantitative estimate of drug-likeness (QED) is 0.789. The molecule has 0 heterocycles. The molecular formula is C9H12BrNO. The van der Waals surface area contributed by atoms with E-state index in [9.17, 15) is 0 Å². The van der Waals surface area contributed by atoms with E-state index in [1.807, 2.05) is 19.1 Å². The van der Waals surface area contributed by atoms with Gasteiger partial charge in [0.05, 0.1) is 0 Å². The molecule has 0 aliphatic carbocycles. The van der Waals surface area contributed by atoms with Crippen molar-refractivity contribution in [2.24, 2.45) is 0 Å². The Hall–Kier alpha value is -0.380. The molecule has 0 saturated heterocycles. The molecule has 0 amide bonds. The Morgan fingerprint density at radius 1 is 1.50 bits per heavy atom. The highest BCUT2D eigenvalue weighted by molar-refractivity contribution is 9.10. The van der Waals surface area contributed by atoms with Crippen LogP contribution in [0.5, 0.6) is 0 Å². The fourth-order valence-electron chi connectivity index (χ4n) is 1.07. The fourth-order valence-corrected chi connectivity index (χ4v) is 1.32. The molecule has 0 aromatic heterocycles. The molecule has 0 radical (unpaired) electrons. The van der Waals surface area contributed by atoms with Crippen LogP contribution in [-0.4, -0.2) is 17.3 Å². The Morgan fingerprint density at radius 3 is 2.67 bits per heavy atom. The first-order chi connectivity index (χ1) is 5.59. The molecule has 1 N–H and O–H groups in total. The molecule has 0 spiro atoms. The number of hydrogen-bond acceptors (Lipinski definition) is 2. The largest absolute Gasteiger partial charge is 0.314 e. The Morgan fingerprint density at radius 2 is 2.17 bits per heavy atom. The van der Waals surface area contributed by atoms with E-state index in [2.05, 4.69) is 22.0 Å². The van der Waals surface area contributed by atoms with Crippen LogP contribution < -0.4 is 0 Å². The summed E-state index contributed by atoms with van der Waals surface area (Å²) in [6, 6.07) is 6.04. The Labute approximate surface area is 80.9 Å². The van der Waals surface area contributed by atoms with Crippen molar-refractivity contribution in [2.45, 2.75) is 13.5 Å². The maximum absolute atomic E-state index is 8.99. The van der Waals surface area contributed by atoms with Gasteiger partial charge in [-0.3, -0.25) is 0 Å². The fraction of sp³-hybridized carbons (Fsp3) is 0.333. The number of halogens is 1. The second-order valence-corrected chi connectivity index (χ2v) is 3.75. The minimum atomic E-state index is 0.564. The summed E-state index contributed by atoms with van der Waals surface area (Å²) < 4.78 is 1.10. The van der Waals surface area contributed by atoms with Gasteiger partial charge in [0.25, 0.3) is 0 Å². The first kappa shape index (κ1) is 9.71. The predicted molar refractivity (Wildman–Crippen MR) is 52.1 cm³/mol. The Kier molecular flexibility index (Phi) is 3.26. The van der Waals surface area contributed by atoms with Crippen molar-refractivity contribution in [3.8, 4) is 0 Å². The van der Waals surface area contributed by atoms with Gasteiger partial charge in [-0.25, -0.2) is 0 Å². The Bertz CT molecular complexity index is 273. The number of benzene rings is 1. The van der Waals surface area contributed by atoms with E-state index in [-0.39, 0.29) is 0 Å². The third-order valence-corrected chi connectivity index (χ3v) is 2.52. The first-order valence-electron chi connectivity index (χ1n) is 3.74. The SMILES string of the molecule is Cc1cc(CN(C)O)ccc1Br. The molecule has 1 aromatic carbocycles. The predicted octanol–water partition coefficient (Wildman–Crippen LogP) is 2.58. The van der Waals surface area contributed by atoms with Gasteiger partial charge in [-0.2, -0.15) is 5.06 Å². The number of aryl methyl sites for hydroxylation is 1. The summed E-state index contributed by atoms with van der Waals surface area (Å²) in [7, 11) is 1.64. The smallest absolute Gasteiger partial charge is 0.0485 e. The van der Waals surface area contributed by atoms with E-state index in [1.165, 1.54) is 10.6 Å². The van der Waals surface area contributed by atoms with E-state index in [0.29, 0.717) is 6.54 Å². The third-order valence-electron chi connectivity index (χ3n) is 1.63. The van der Waals surface area contributed by atoms with Crippen LogP contribution in [0.1, 0.15) is 11.1 Å². The topological polar surface area (TPSA) is 23.5 Å². The van der Waals surface area contributed by atoms with Gasteiger partial charge < -0.3 is 5.21 Å². The lowest BCUT2D eigenvalue weighted by atomic mass is 10.1. The summed E-state index contributed by atoms with van der Waals surface area (Å²) in [6.45, 7) is 2.60. The van der Waals surface area contributed by atoms with Crippen LogP contribution in [0.2, 0.25) is 0 Å². The lowest BCUT2D eigenvalue weighted by Crippen LogP contribution is -2.11. The zero-order valence-electron chi connectivity index (χ0n) is 7.21. The standard InChI is InChI=1S/C9H12BrNO/c1-7-5-8(6-11(2)12)3-4-9(7)10/h3-5,12H,6H2,1-2H3. The van der Waals surface area contributed by atoms with Crippen molar-refractivity contribution in [1.82, 2.24) is 5.06 Å². The second kappa shape index (κ2) is 4.03. The van der Waals surface area contributed by atoms with Gasteiger partial charge in [-0.15, -0.1) is 0 Å². The van der Waals surface area contributed by atoms with E-state index in [1.54, 1.807) is 7.05 Å². The second-order valence-electron chi connectivity index (χ2n) is 2.90. The Balaban J connectivity index is 2.82. The molecule has 1 aromatic rings. The zero-order valence-corrected chi connectivity index (χ0v) is 8.80. The van der Waals surface area contributed by atoms with Gasteiger partial charge >= 0.3 is 0 Å². The first-order valence-corrected chi connectivity index (χ1v) is 4.54. The lowest BCUT2D eigenvalue weighted by molar-refractivity contribution is -0.0731. The van der Waals surface area contributed by atoms with Crippen LogP contribution in [0.25, 0.3) is 0 Å². The average molecular weight is 230 g/mol. The van der Waals surface area contributed by atoms with Crippen LogP contribution >= 0.6 is 15.9 Å². The molecule has 0 saturated carbocycles. The molecule has 1 rings (SSSR count). The minimum Gasteiger partial charge on any atom is -0.314 e. The van der Waals surface area contributed by atoms with E-state index < -0.39 is 0 Å². The molecule has 0 aliphatic rings. The van der Waals surface area contributed by atoms with Gasteiger partial charge in [-0.1, -0.05) is 28.1 Å². The number of hydrogen-bond donors (Lipinski definition) is 1.